The van der Waals surface area contributed by atoms with Crippen molar-refractivity contribution < 1.29 is 13.2 Å². The number of fused-ring (bicyclic) bond motifs is 1. The smallest absolute Gasteiger partial charge is 0.239 e. The Bertz CT molecular complexity index is 664. The molecule has 2 atom stereocenters. The summed E-state index contributed by atoms with van der Waals surface area (Å²) in [6.45, 7) is 0. The van der Waals surface area contributed by atoms with Gasteiger partial charge in [0.25, 0.3) is 0 Å². The van der Waals surface area contributed by atoms with Crippen LogP contribution in [0.15, 0.2) is 27.6 Å². The quantitative estimate of drug-likeness (QED) is 0.866. The summed E-state index contributed by atoms with van der Waals surface area (Å²) in [5.41, 5.74) is 0.579. The maximum absolute atomic E-state index is 12.1. The monoisotopic (exact) mass is 358 g/mol. The number of primary sulfonamides is 1. The highest BCUT2D eigenvalue weighted by Crippen LogP contribution is 2.54. The van der Waals surface area contributed by atoms with E-state index in [-0.39, 0.29) is 16.7 Å². The number of nitrogens with two attached hydrogens (primary N) is 1. The lowest BCUT2D eigenvalue weighted by Gasteiger charge is -2.13. The van der Waals surface area contributed by atoms with Crippen LogP contribution in [0.2, 0.25) is 0 Å². The van der Waals surface area contributed by atoms with E-state index >= 15 is 0 Å². The number of hydrogen-bond donors (Lipinski definition) is 2. The van der Waals surface area contributed by atoms with Gasteiger partial charge in [-0.1, -0.05) is 0 Å². The van der Waals surface area contributed by atoms with Crippen molar-refractivity contribution in [1.82, 2.24) is 0 Å². The second-order valence-electron chi connectivity index (χ2n) is 5.60. The van der Waals surface area contributed by atoms with Gasteiger partial charge in [0.05, 0.1) is 4.90 Å². The number of sulfonamides is 1. The number of rotatable bonds is 3. The number of benzene rings is 1. The molecule has 2 fully saturated rings. The van der Waals surface area contributed by atoms with Gasteiger partial charge in [0.1, 0.15) is 0 Å². The fourth-order valence-electron chi connectivity index (χ4n) is 2.98. The zero-order valence-electron chi connectivity index (χ0n) is 10.7. The Morgan fingerprint density at radius 3 is 2.45 bits per heavy atom. The Balaban J connectivity index is 1.71. The van der Waals surface area contributed by atoms with Crippen molar-refractivity contribution in [3.05, 3.63) is 22.7 Å². The topological polar surface area (TPSA) is 89.3 Å². The molecule has 2 unspecified atom stereocenters. The van der Waals surface area contributed by atoms with E-state index in [4.69, 9.17) is 5.14 Å². The average molecular weight is 359 g/mol. The van der Waals surface area contributed by atoms with Gasteiger partial charge in [0, 0.05) is 16.1 Å². The van der Waals surface area contributed by atoms with Gasteiger partial charge in [-0.2, -0.15) is 0 Å². The molecule has 5 nitrogen and oxygen atoms in total. The second-order valence-corrected chi connectivity index (χ2v) is 7.99. The summed E-state index contributed by atoms with van der Waals surface area (Å²) in [5.74, 6) is 1.62. The second kappa shape index (κ2) is 4.82. The van der Waals surface area contributed by atoms with Gasteiger partial charge >= 0.3 is 0 Å². The summed E-state index contributed by atoms with van der Waals surface area (Å²) in [6.07, 6.45) is 3.23. The van der Waals surface area contributed by atoms with Gasteiger partial charge in [-0.05, 0) is 65.2 Å². The molecule has 20 heavy (non-hydrogen) atoms. The molecule has 0 heterocycles. The third kappa shape index (κ3) is 2.75. The van der Waals surface area contributed by atoms with Crippen molar-refractivity contribution in [1.29, 1.82) is 0 Å². The van der Waals surface area contributed by atoms with Crippen LogP contribution in [0.4, 0.5) is 5.69 Å². The summed E-state index contributed by atoms with van der Waals surface area (Å²) in [5, 5.41) is 7.92. The van der Waals surface area contributed by atoms with Gasteiger partial charge < -0.3 is 5.32 Å². The number of nitrogens with one attached hydrogen (secondary N) is 1. The fourth-order valence-corrected chi connectivity index (χ4v) is 4.63. The number of carbonyl (C=O) groups is 1. The van der Waals surface area contributed by atoms with Crippen molar-refractivity contribution in [2.45, 2.75) is 24.2 Å². The molecule has 1 aromatic rings. The Labute approximate surface area is 126 Å². The Hall–Kier alpha value is -0.920. The Morgan fingerprint density at radius 2 is 1.90 bits per heavy atom. The normalized spacial score (nSPS) is 28.0. The largest absolute Gasteiger partial charge is 0.326 e. The van der Waals surface area contributed by atoms with Crippen molar-refractivity contribution in [2.24, 2.45) is 22.9 Å². The number of halogens is 1. The number of amides is 1. The zero-order valence-corrected chi connectivity index (χ0v) is 13.1. The van der Waals surface area contributed by atoms with Gasteiger partial charge in [-0.25, -0.2) is 13.6 Å². The summed E-state index contributed by atoms with van der Waals surface area (Å²) >= 11 is 3.16. The van der Waals surface area contributed by atoms with E-state index in [9.17, 15) is 13.2 Å². The lowest BCUT2D eigenvalue weighted by molar-refractivity contribution is -0.120. The highest BCUT2D eigenvalue weighted by molar-refractivity contribution is 9.10. The van der Waals surface area contributed by atoms with Crippen LogP contribution >= 0.6 is 15.9 Å². The van der Waals surface area contributed by atoms with Crippen LogP contribution in [0.3, 0.4) is 0 Å². The summed E-state index contributed by atoms with van der Waals surface area (Å²) in [6, 6.07) is 4.51. The van der Waals surface area contributed by atoms with Crippen LogP contribution in [0, 0.1) is 17.8 Å². The first-order valence-electron chi connectivity index (χ1n) is 6.48. The predicted molar refractivity (Wildman–Crippen MR) is 78.5 cm³/mol. The molecule has 108 valence electrons. The van der Waals surface area contributed by atoms with Gasteiger partial charge in [-0.15, -0.1) is 0 Å². The minimum Gasteiger partial charge on any atom is -0.326 e. The fraction of sp³-hybridized carbons (Fsp3) is 0.462. The summed E-state index contributed by atoms with van der Waals surface area (Å²) in [7, 11) is -3.76. The highest BCUT2D eigenvalue weighted by Gasteiger charge is 2.47. The van der Waals surface area contributed by atoms with Crippen molar-refractivity contribution in [3.8, 4) is 0 Å². The van der Waals surface area contributed by atoms with Crippen LogP contribution in [0.5, 0.6) is 0 Å². The lowest BCUT2D eigenvalue weighted by Crippen LogP contribution is -2.21. The molecule has 2 aliphatic carbocycles. The third-order valence-corrected chi connectivity index (χ3v) is 6.01. The van der Waals surface area contributed by atoms with E-state index < -0.39 is 10.0 Å². The maximum Gasteiger partial charge on any atom is 0.239 e. The molecular weight excluding hydrogens is 344 g/mol. The molecule has 0 radical (unpaired) electrons. The van der Waals surface area contributed by atoms with Crippen LogP contribution in [-0.2, 0) is 14.8 Å². The van der Waals surface area contributed by atoms with Gasteiger partial charge in [-0.3, -0.25) is 4.79 Å². The lowest BCUT2D eigenvalue weighted by atomic mass is 10.0. The first-order valence-corrected chi connectivity index (χ1v) is 8.82. The summed E-state index contributed by atoms with van der Waals surface area (Å²) in [4.78, 5) is 12.1. The predicted octanol–water partition coefficient (Wildman–Crippen LogP) is 2.08. The van der Waals surface area contributed by atoms with Gasteiger partial charge in [0.15, 0.2) is 0 Å². The van der Waals surface area contributed by atoms with Crippen molar-refractivity contribution in [2.75, 3.05) is 5.32 Å². The van der Waals surface area contributed by atoms with Crippen molar-refractivity contribution in [3.63, 3.8) is 0 Å². The molecule has 0 saturated heterocycles. The molecule has 1 amide bonds. The molecule has 7 heteroatoms. The molecular formula is C13H15BrN2O3S. The zero-order chi connectivity index (χ0) is 14.5. The first-order chi connectivity index (χ1) is 9.34. The minimum atomic E-state index is -3.76. The molecule has 0 spiro atoms. The van der Waals surface area contributed by atoms with E-state index in [1.54, 1.807) is 12.1 Å². The molecule has 0 aromatic heterocycles. The molecule has 0 aliphatic heterocycles. The number of hydrogen-bond acceptors (Lipinski definition) is 3. The highest BCUT2D eigenvalue weighted by atomic mass is 79.9. The number of anilines is 1. The number of carbonyl (C=O) groups excluding carboxylic acids is 1. The van der Waals surface area contributed by atoms with Crippen molar-refractivity contribution >= 4 is 37.5 Å². The first kappa shape index (κ1) is 14.0. The minimum absolute atomic E-state index is 0.0117. The van der Waals surface area contributed by atoms with Crippen LogP contribution < -0.4 is 10.5 Å². The van der Waals surface area contributed by atoms with Crippen LogP contribution in [-0.4, -0.2) is 14.3 Å². The summed E-state index contributed by atoms with van der Waals surface area (Å²) < 4.78 is 22.9. The van der Waals surface area contributed by atoms with E-state index in [1.807, 2.05) is 0 Å². The molecule has 1 aromatic carbocycles. The van der Waals surface area contributed by atoms with E-state index in [2.05, 4.69) is 21.2 Å². The molecule has 3 rings (SSSR count). The third-order valence-electron chi connectivity index (χ3n) is 4.12. The molecule has 2 saturated carbocycles. The maximum atomic E-state index is 12.1. The average Bonchev–Trinajstić information content (AvgIpc) is 2.94. The van der Waals surface area contributed by atoms with Crippen LogP contribution in [0.25, 0.3) is 0 Å². The standard InChI is InChI=1S/C13H15BrN2O3S/c14-11-6-10(1-2-12(11)20(15,18)19)16-13(17)9-4-7-3-8(7)5-9/h1-2,6-9H,3-5H2,(H,16,17)(H2,15,18,19). The Kier molecular flexibility index (Phi) is 3.38. The van der Waals surface area contributed by atoms with Crippen LogP contribution in [0.1, 0.15) is 19.3 Å². The SMILES string of the molecule is NS(=O)(=O)c1ccc(NC(=O)C2CC3CC3C2)cc1Br. The van der Waals surface area contributed by atoms with E-state index in [0.717, 1.165) is 24.7 Å². The molecule has 3 N–H and O–H groups in total. The van der Waals surface area contributed by atoms with E-state index in [1.165, 1.54) is 12.5 Å². The van der Waals surface area contributed by atoms with Gasteiger partial charge in [0.2, 0.25) is 15.9 Å². The van der Waals surface area contributed by atoms with E-state index in [0.29, 0.717) is 10.2 Å². The Morgan fingerprint density at radius 1 is 1.25 bits per heavy atom. The molecule has 0 bridgehead atoms. The molecule has 2 aliphatic rings.